The zero-order valence-corrected chi connectivity index (χ0v) is 12.5. The van der Waals surface area contributed by atoms with Crippen molar-refractivity contribution < 1.29 is 14.3 Å². The predicted molar refractivity (Wildman–Crippen MR) is 74.6 cm³/mol. The molecule has 0 heterocycles. The lowest BCUT2D eigenvalue weighted by atomic mass is 9.90. The minimum Gasteiger partial charge on any atom is -0.469 e. The van der Waals surface area contributed by atoms with Crippen molar-refractivity contribution in [3.8, 4) is 0 Å². The van der Waals surface area contributed by atoms with Gasteiger partial charge in [0.2, 0.25) is 5.91 Å². The average molecular weight is 269 g/mol. The lowest BCUT2D eigenvalue weighted by molar-refractivity contribution is -0.146. The molecule has 4 nitrogen and oxygen atoms in total. The molecule has 1 rings (SSSR count). The number of hydrogen-bond acceptors (Lipinski definition) is 3. The van der Waals surface area contributed by atoms with Gasteiger partial charge in [0.1, 0.15) is 0 Å². The molecule has 1 saturated carbocycles. The van der Waals surface area contributed by atoms with Crippen molar-refractivity contribution in [1.29, 1.82) is 0 Å². The Morgan fingerprint density at radius 3 is 2.21 bits per heavy atom. The number of carbonyl (C=O) groups excluding carboxylic acids is 2. The van der Waals surface area contributed by atoms with Crippen molar-refractivity contribution in [2.24, 2.45) is 11.8 Å². The van der Waals surface area contributed by atoms with Crippen molar-refractivity contribution in [2.45, 2.75) is 51.9 Å². The molecule has 1 amide bonds. The van der Waals surface area contributed by atoms with Crippen LogP contribution >= 0.6 is 0 Å². The number of ether oxygens (including phenoxy) is 1. The van der Waals surface area contributed by atoms with Crippen molar-refractivity contribution in [3.63, 3.8) is 0 Å². The Balaban J connectivity index is 2.47. The number of esters is 1. The summed E-state index contributed by atoms with van der Waals surface area (Å²) >= 11 is 0. The Morgan fingerprint density at radius 1 is 1.16 bits per heavy atom. The Morgan fingerprint density at radius 2 is 1.68 bits per heavy atom. The number of methoxy groups -OCH3 is 1. The van der Waals surface area contributed by atoms with Crippen molar-refractivity contribution >= 4 is 11.9 Å². The highest BCUT2D eigenvalue weighted by molar-refractivity contribution is 5.79. The Bertz CT molecular complexity index is 296. The fourth-order valence-corrected chi connectivity index (χ4v) is 2.79. The zero-order chi connectivity index (χ0) is 14.3. The van der Waals surface area contributed by atoms with Gasteiger partial charge in [-0.1, -0.05) is 39.0 Å². The third-order valence-electron chi connectivity index (χ3n) is 3.98. The molecule has 0 bridgehead atoms. The van der Waals surface area contributed by atoms with Crippen LogP contribution in [0.4, 0.5) is 0 Å². The van der Waals surface area contributed by atoms with Gasteiger partial charge in [0.25, 0.3) is 0 Å². The first kappa shape index (κ1) is 16.0. The Hall–Kier alpha value is -1.06. The van der Waals surface area contributed by atoms with E-state index in [4.69, 9.17) is 4.74 Å². The highest BCUT2D eigenvalue weighted by atomic mass is 16.5. The predicted octanol–water partition coefficient (Wildman–Crippen LogP) is 2.61. The third kappa shape index (κ3) is 5.21. The van der Waals surface area contributed by atoms with Crippen LogP contribution in [-0.2, 0) is 14.3 Å². The van der Waals surface area contributed by atoms with E-state index in [1.54, 1.807) is 18.9 Å². The molecule has 1 atom stereocenters. The average Bonchev–Trinajstić information content (AvgIpc) is 2.36. The van der Waals surface area contributed by atoms with Crippen LogP contribution in [0.1, 0.15) is 51.9 Å². The van der Waals surface area contributed by atoms with Gasteiger partial charge < -0.3 is 9.64 Å². The molecule has 4 heteroatoms. The molecule has 1 aliphatic carbocycles. The standard InChI is InChI=1S/C15H27NO3/c1-12(15(18)19-3)11-16(2)14(17)13-9-7-5-4-6-8-10-13/h12-13H,4-11H2,1-3H3. The Labute approximate surface area is 116 Å². The molecule has 1 fully saturated rings. The lowest BCUT2D eigenvalue weighted by Crippen LogP contribution is -2.38. The van der Waals surface area contributed by atoms with Crippen LogP contribution in [0.5, 0.6) is 0 Å². The molecule has 0 spiro atoms. The molecule has 19 heavy (non-hydrogen) atoms. The maximum atomic E-state index is 12.4. The molecule has 0 aromatic rings. The van der Waals surface area contributed by atoms with Gasteiger partial charge in [-0.15, -0.1) is 0 Å². The highest BCUT2D eigenvalue weighted by Gasteiger charge is 2.25. The van der Waals surface area contributed by atoms with Gasteiger partial charge >= 0.3 is 5.97 Å². The van der Waals surface area contributed by atoms with E-state index >= 15 is 0 Å². The summed E-state index contributed by atoms with van der Waals surface area (Å²) in [5, 5.41) is 0. The van der Waals surface area contributed by atoms with E-state index in [0.29, 0.717) is 6.54 Å². The monoisotopic (exact) mass is 269 g/mol. The summed E-state index contributed by atoms with van der Waals surface area (Å²) < 4.78 is 4.70. The first-order chi connectivity index (χ1) is 9.06. The van der Waals surface area contributed by atoms with Gasteiger partial charge in [0.05, 0.1) is 13.0 Å². The maximum absolute atomic E-state index is 12.4. The minimum atomic E-state index is -0.257. The van der Waals surface area contributed by atoms with Crippen LogP contribution in [0.2, 0.25) is 0 Å². The summed E-state index contributed by atoms with van der Waals surface area (Å²) in [5.74, 6) is -0.169. The van der Waals surface area contributed by atoms with Crippen LogP contribution in [0.25, 0.3) is 0 Å². The van der Waals surface area contributed by atoms with E-state index in [9.17, 15) is 9.59 Å². The van der Waals surface area contributed by atoms with Gasteiger partial charge in [0, 0.05) is 19.5 Å². The molecule has 0 aromatic carbocycles. The third-order valence-corrected chi connectivity index (χ3v) is 3.98. The van der Waals surface area contributed by atoms with Crippen LogP contribution in [0.15, 0.2) is 0 Å². The number of carbonyl (C=O) groups is 2. The van der Waals surface area contributed by atoms with E-state index in [1.165, 1.54) is 26.4 Å². The molecule has 0 radical (unpaired) electrons. The molecular formula is C15H27NO3. The van der Waals surface area contributed by atoms with Crippen LogP contribution in [0.3, 0.4) is 0 Å². The summed E-state index contributed by atoms with van der Waals surface area (Å²) in [4.78, 5) is 25.5. The molecule has 1 aliphatic rings. The normalized spacial score (nSPS) is 19.1. The van der Waals surface area contributed by atoms with Crippen molar-refractivity contribution in [1.82, 2.24) is 4.90 Å². The van der Waals surface area contributed by atoms with Gasteiger partial charge in [-0.2, -0.15) is 0 Å². The van der Waals surface area contributed by atoms with Gasteiger partial charge in [-0.25, -0.2) is 0 Å². The Kier molecular flexibility index (Phi) is 6.89. The summed E-state index contributed by atoms with van der Waals surface area (Å²) in [6.45, 7) is 2.25. The number of hydrogen-bond donors (Lipinski definition) is 0. The van der Waals surface area contributed by atoms with E-state index < -0.39 is 0 Å². The second-order valence-corrected chi connectivity index (χ2v) is 5.69. The minimum absolute atomic E-state index is 0.148. The van der Waals surface area contributed by atoms with E-state index in [1.807, 2.05) is 0 Å². The largest absolute Gasteiger partial charge is 0.469 e. The SMILES string of the molecule is COC(=O)C(C)CN(C)C(=O)C1CCCCCCC1. The quantitative estimate of drug-likeness (QED) is 0.737. The first-order valence-electron chi connectivity index (χ1n) is 7.39. The maximum Gasteiger partial charge on any atom is 0.310 e. The number of rotatable bonds is 4. The summed E-state index contributed by atoms with van der Waals surface area (Å²) in [6.07, 6.45) is 8.08. The van der Waals surface area contributed by atoms with Crippen molar-refractivity contribution in [3.05, 3.63) is 0 Å². The van der Waals surface area contributed by atoms with Gasteiger partial charge in [-0.05, 0) is 12.8 Å². The van der Waals surface area contributed by atoms with Crippen LogP contribution < -0.4 is 0 Å². The van der Waals surface area contributed by atoms with Crippen molar-refractivity contribution in [2.75, 3.05) is 20.7 Å². The van der Waals surface area contributed by atoms with Gasteiger partial charge in [-0.3, -0.25) is 9.59 Å². The van der Waals surface area contributed by atoms with E-state index in [0.717, 1.165) is 25.7 Å². The zero-order valence-electron chi connectivity index (χ0n) is 12.5. The molecule has 0 saturated heterocycles. The highest BCUT2D eigenvalue weighted by Crippen LogP contribution is 2.24. The number of amides is 1. The smallest absolute Gasteiger partial charge is 0.310 e. The van der Waals surface area contributed by atoms with Crippen LogP contribution in [-0.4, -0.2) is 37.5 Å². The fraction of sp³-hybridized carbons (Fsp3) is 0.867. The lowest BCUT2D eigenvalue weighted by Gasteiger charge is -2.26. The van der Waals surface area contributed by atoms with Crippen LogP contribution in [0, 0.1) is 11.8 Å². The summed E-state index contributed by atoms with van der Waals surface area (Å²) in [5.41, 5.74) is 0. The molecule has 1 unspecified atom stereocenters. The number of nitrogens with zero attached hydrogens (tertiary/aromatic N) is 1. The summed E-state index contributed by atoms with van der Waals surface area (Å²) in [7, 11) is 3.18. The summed E-state index contributed by atoms with van der Waals surface area (Å²) in [6, 6.07) is 0. The molecule has 0 aromatic heterocycles. The first-order valence-corrected chi connectivity index (χ1v) is 7.39. The molecular weight excluding hydrogens is 242 g/mol. The van der Waals surface area contributed by atoms with E-state index in [-0.39, 0.29) is 23.7 Å². The molecule has 0 N–H and O–H groups in total. The van der Waals surface area contributed by atoms with Gasteiger partial charge in [0.15, 0.2) is 0 Å². The van der Waals surface area contributed by atoms with E-state index in [2.05, 4.69) is 0 Å². The second kappa shape index (κ2) is 8.18. The topological polar surface area (TPSA) is 46.6 Å². The fourth-order valence-electron chi connectivity index (χ4n) is 2.79. The second-order valence-electron chi connectivity index (χ2n) is 5.69. The molecule has 0 aliphatic heterocycles. The molecule has 110 valence electrons.